The molecular formula is C24H27N5O3. The van der Waals surface area contributed by atoms with E-state index in [0.29, 0.717) is 19.0 Å². The molecule has 0 atom stereocenters. The summed E-state index contributed by atoms with van der Waals surface area (Å²) in [6.07, 6.45) is 1.71. The van der Waals surface area contributed by atoms with Gasteiger partial charge >= 0.3 is 0 Å². The lowest BCUT2D eigenvalue weighted by atomic mass is 10.2. The number of carbonyl (C=O) groups is 2. The van der Waals surface area contributed by atoms with Crippen LogP contribution in [0.4, 0.5) is 11.6 Å². The molecule has 0 aliphatic carbocycles. The summed E-state index contributed by atoms with van der Waals surface area (Å²) in [5.41, 5.74) is 3.07. The van der Waals surface area contributed by atoms with E-state index in [-0.39, 0.29) is 25.0 Å². The van der Waals surface area contributed by atoms with Gasteiger partial charge in [0.1, 0.15) is 13.2 Å². The van der Waals surface area contributed by atoms with Gasteiger partial charge in [-0.3, -0.25) is 14.9 Å². The first kappa shape index (κ1) is 21.6. The number of ether oxygens (including phenoxy) is 1. The van der Waals surface area contributed by atoms with Crippen LogP contribution in [0.2, 0.25) is 0 Å². The van der Waals surface area contributed by atoms with E-state index in [1.54, 1.807) is 11.1 Å². The third kappa shape index (κ3) is 5.15. The monoisotopic (exact) mass is 433 g/mol. The van der Waals surface area contributed by atoms with Crippen LogP contribution in [-0.4, -0.2) is 65.7 Å². The molecule has 1 aromatic heterocycles. The van der Waals surface area contributed by atoms with E-state index in [9.17, 15) is 9.59 Å². The van der Waals surface area contributed by atoms with Crippen molar-refractivity contribution in [3.05, 3.63) is 66.9 Å². The molecule has 3 aromatic rings. The lowest BCUT2D eigenvalue weighted by Crippen LogP contribution is -2.49. The maximum Gasteiger partial charge on any atom is 0.252 e. The largest absolute Gasteiger partial charge is 0.368 e. The number of anilines is 2. The summed E-state index contributed by atoms with van der Waals surface area (Å²) in [6, 6.07) is 20.0. The summed E-state index contributed by atoms with van der Waals surface area (Å²) in [7, 11) is 1.84. The number of piperazine rings is 1. The van der Waals surface area contributed by atoms with Crippen molar-refractivity contribution in [2.24, 2.45) is 7.05 Å². The summed E-state index contributed by atoms with van der Waals surface area (Å²) < 4.78 is 7.18. The molecule has 2 heterocycles. The Morgan fingerprint density at radius 1 is 0.938 bits per heavy atom. The average molecular weight is 434 g/mol. The molecule has 2 amide bonds. The number of amides is 2. The molecule has 32 heavy (non-hydrogen) atoms. The van der Waals surface area contributed by atoms with E-state index >= 15 is 0 Å². The van der Waals surface area contributed by atoms with Crippen molar-refractivity contribution in [2.45, 2.75) is 0 Å². The Morgan fingerprint density at radius 2 is 1.59 bits per heavy atom. The molecule has 166 valence electrons. The van der Waals surface area contributed by atoms with Crippen molar-refractivity contribution >= 4 is 23.5 Å². The molecule has 0 saturated carbocycles. The molecule has 0 unspecified atom stereocenters. The molecule has 1 aliphatic rings. The number of nitrogens with zero attached hydrogens (tertiary/aromatic N) is 4. The molecule has 1 aliphatic heterocycles. The number of rotatable bonds is 7. The fraction of sp³-hybridized carbons (Fsp3) is 0.292. The van der Waals surface area contributed by atoms with Crippen molar-refractivity contribution in [1.29, 1.82) is 0 Å². The van der Waals surface area contributed by atoms with E-state index < -0.39 is 0 Å². The van der Waals surface area contributed by atoms with Gasteiger partial charge in [-0.15, -0.1) is 0 Å². The number of nitrogens with one attached hydrogen (secondary N) is 1. The van der Waals surface area contributed by atoms with Gasteiger partial charge in [0.2, 0.25) is 11.9 Å². The van der Waals surface area contributed by atoms with Crippen LogP contribution >= 0.6 is 0 Å². The van der Waals surface area contributed by atoms with Crippen LogP contribution in [0.15, 0.2) is 66.9 Å². The lowest BCUT2D eigenvalue weighted by Gasteiger charge is -2.36. The molecule has 0 spiro atoms. The van der Waals surface area contributed by atoms with Crippen molar-refractivity contribution in [1.82, 2.24) is 14.5 Å². The molecule has 0 radical (unpaired) electrons. The van der Waals surface area contributed by atoms with Crippen LogP contribution in [0, 0.1) is 0 Å². The predicted octanol–water partition coefficient (Wildman–Crippen LogP) is 2.39. The first-order valence-electron chi connectivity index (χ1n) is 10.6. The SMILES string of the molecule is Cn1c(-c2ccccc2)cnc1NC(=O)COCC(=O)N1CCN(c2ccccc2)CC1. The van der Waals surface area contributed by atoms with Crippen molar-refractivity contribution < 1.29 is 14.3 Å². The molecule has 8 nitrogen and oxygen atoms in total. The highest BCUT2D eigenvalue weighted by Gasteiger charge is 2.21. The van der Waals surface area contributed by atoms with Crippen LogP contribution in [0.5, 0.6) is 0 Å². The lowest BCUT2D eigenvalue weighted by molar-refractivity contribution is -0.137. The number of aromatic nitrogens is 2. The Labute approximate surface area is 187 Å². The molecule has 2 aromatic carbocycles. The predicted molar refractivity (Wildman–Crippen MR) is 123 cm³/mol. The Hall–Kier alpha value is -3.65. The first-order chi connectivity index (χ1) is 15.6. The number of benzene rings is 2. The summed E-state index contributed by atoms with van der Waals surface area (Å²) in [4.78, 5) is 33.0. The summed E-state index contributed by atoms with van der Waals surface area (Å²) in [6.45, 7) is 2.51. The van der Waals surface area contributed by atoms with E-state index in [4.69, 9.17) is 4.74 Å². The van der Waals surface area contributed by atoms with Crippen LogP contribution in [0.3, 0.4) is 0 Å². The highest BCUT2D eigenvalue weighted by Crippen LogP contribution is 2.21. The standard InChI is InChI=1S/C24H27N5O3/c1-27-21(19-8-4-2-5-9-19)16-25-24(27)26-22(30)17-32-18-23(31)29-14-12-28(13-15-29)20-10-6-3-7-11-20/h2-11,16H,12-15,17-18H2,1H3,(H,25,26,30). The second kappa shape index (κ2) is 10.1. The fourth-order valence-electron chi connectivity index (χ4n) is 3.74. The van der Waals surface area contributed by atoms with Gasteiger partial charge in [0.05, 0.1) is 11.9 Å². The van der Waals surface area contributed by atoms with Gasteiger partial charge in [0, 0.05) is 38.9 Å². The minimum Gasteiger partial charge on any atom is -0.368 e. The zero-order chi connectivity index (χ0) is 22.3. The van der Waals surface area contributed by atoms with Crippen LogP contribution in [0.25, 0.3) is 11.3 Å². The maximum absolute atomic E-state index is 12.4. The number of para-hydroxylation sites is 1. The third-order valence-corrected chi connectivity index (χ3v) is 5.52. The molecule has 0 bridgehead atoms. The Morgan fingerprint density at radius 3 is 2.28 bits per heavy atom. The minimum absolute atomic E-state index is 0.103. The maximum atomic E-state index is 12.4. The molecule has 1 saturated heterocycles. The Kier molecular flexibility index (Phi) is 6.81. The van der Waals surface area contributed by atoms with Gasteiger partial charge in [0.25, 0.3) is 5.91 Å². The van der Waals surface area contributed by atoms with E-state index in [0.717, 1.165) is 30.0 Å². The van der Waals surface area contributed by atoms with Crippen LogP contribution in [0.1, 0.15) is 0 Å². The number of hydrogen-bond donors (Lipinski definition) is 1. The number of carbonyl (C=O) groups excluding carboxylic acids is 2. The smallest absolute Gasteiger partial charge is 0.252 e. The van der Waals surface area contributed by atoms with Gasteiger partial charge in [0.15, 0.2) is 0 Å². The summed E-state index contributed by atoms with van der Waals surface area (Å²) in [5.74, 6) is -0.0188. The highest BCUT2D eigenvalue weighted by molar-refractivity contribution is 5.90. The topological polar surface area (TPSA) is 79.7 Å². The number of imidazole rings is 1. The van der Waals surface area contributed by atoms with Crippen molar-refractivity contribution in [3.63, 3.8) is 0 Å². The van der Waals surface area contributed by atoms with E-state index in [2.05, 4.69) is 27.3 Å². The minimum atomic E-state index is -0.347. The highest BCUT2D eigenvalue weighted by atomic mass is 16.5. The molecular weight excluding hydrogens is 406 g/mol. The second-order valence-corrected chi connectivity index (χ2v) is 7.64. The summed E-state index contributed by atoms with van der Waals surface area (Å²) in [5, 5.41) is 2.73. The van der Waals surface area contributed by atoms with Gasteiger partial charge in [-0.2, -0.15) is 0 Å². The van der Waals surface area contributed by atoms with Gasteiger partial charge in [-0.1, -0.05) is 48.5 Å². The van der Waals surface area contributed by atoms with Crippen molar-refractivity contribution in [2.75, 3.05) is 49.6 Å². The first-order valence-corrected chi connectivity index (χ1v) is 10.6. The average Bonchev–Trinajstić information content (AvgIpc) is 3.20. The fourth-order valence-corrected chi connectivity index (χ4v) is 3.74. The number of hydrogen-bond acceptors (Lipinski definition) is 5. The van der Waals surface area contributed by atoms with Gasteiger partial charge in [-0.05, 0) is 17.7 Å². The molecule has 8 heteroatoms. The molecule has 4 rings (SSSR count). The zero-order valence-electron chi connectivity index (χ0n) is 18.1. The van der Waals surface area contributed by atoms with E-state index in [1.165, 1.54) is 0 Å². The van der Waals surface area contributed by atoms with Gasteiger partial charge in [-0.25, -0.2) is 4.98 Å². The normalized spacial score (nSPS) is 13.8. The van der Waals surface area contributed by atoms with Crippen molar-refractivity contribution in [3.8, 4) is 11.3 Å². The third-order valence-electron chi connectivity index (χ3n) is 5.52. The second-order valence-electron chi connectivity index (χ2n) is 7.64. The zero-order valence-corrected chi connectivity index (χ0v) is 18.1. The quantitative estimate of drug-likeness (QED) is 0.619. The summed E-state index contributed by atoms with van der Waals surface area (Å²) >= 11 is 0. The Balaban J connectivity index is 1.20. The Bertz CT molecular complexity index is 1040. The van der Waals surface area contributed by atoms with Crippen LogP contribution in [-0.2, 0) is 21.4 Å². The molecule has 1 N–H and O–H groups in total. The van der Waals surface area contributed by atoms with E-state index in [1.807, 2.05) is 60.1 Å². The van der Waals surface area contributed by atoms with Gasteiger partial charge < -0.3 is 19.1 Å². The molecule has 1 fully saturated rings. The van der Waals surface area contributed by atoms with Crippen LogP contribution < -0.4 is 10.2 Å².